The van der Waals surface area contributed by atoms with E-state index < -0.39 is 0 Å². The maximum Gasteiger partial charge on any atom is 0.136 e. The average Bonchev–Trinajstić information content (AvgIpc) is 3.16. The zero-order valence-corrected chi connectivity index (χ0v) is 25.6. The van der Waals surface area contributed by atoms with Gasteiger partial charge in [-0.2, -0.15) is 0 Å². The van der Waals surface area contributed by atoms with Gasteiger partial charge in [0.15, 0.2) is 0 Å². The van der Waals surface area contributed by atoms with Crippen LogP contribution in [-0.4, -0.2) is 15.1 Å². The van der Waals surface area contributed by atoms with E-state index in [9.17, 15) is 5.11 Å². The van der Waals surface area contributed by atoms with Gasteiger partial charge < -0.3 is 10.0 Å². The molecule has 2 aromatic heterocycles. The first-order valence-electron chi connectivity index (χ1n) is 13.3. The minimum Gasteiger partial charge on any atom is -0.507 e. The van der Waals surface area contributed by atoms with Gasteiger partial charge in [0.05, 0.1) is 5.69 Å². The van der Waals surface area contributed by atoms with Crippen LogP contribution < -0.4 is 4.90 Å². The van der Waals surface area contributed by atoms with Gasteiger partial charge in [-0.05, 0) is 63.8 Å². The molecule has 6 rings (SSSR count). The second-order valence-electron chi connectivity index (χ2n) is 11.7. The molecule has 5 heteroatoms. The molecule has 0 saturated heterocycles. The summed E-state index contributed by atoms with van der Waals surface area (Å²) in [5.41, 5.74) is 8.43. The number of nitrogens with zero attached hydrogens (tertiary/aromatic N) is 3. The fourth-order valence-corrected chi connectivity index (χ4v) is 5.47. The zero-order chi connectivity index (χ0) is 27.4. The first kappa shape index (κ1) is 27.8. The van der Waals surface area contributed by atoms with Gasteiger partial charge >= 0.3 is 0 Å². The normalized spacial score (nSPS) is 13.2. The largest absolute Gasteiger partial charge is 0.507 e. The van der Waals surface area contributed by atoms with E-state index in [4.69, 9.17) is 9.97 Å². The minimum absolute atomic E-state index is 0. The molecule has 0 bridgehead atoms. The van der Waals surface area contributed by atoms with Gasteiger partial charge in [-0.25, -0.2) is 4.98 Å². The van der Waals surface area contributed by atoms with E-state index >= 15 is 0 Å². The van der Waals surface area contributed by atoms with Gasteiger partial charge in [0, 0.05) is 43.9 Å². The third kappa shape index (κ3) is 4.75. The van der Waals surface area contributed by atoms with Crippen molar-refractivity contribution in [1.82, 2.24) is 9.97 Å². The van der Waals surface area contributed by atoms with Gasteiger partial charge in [0.2, 0.25) is 0 Å². The van der Waals surface area contributed by atoms with E-state index in [1.54, 1.807) is 6.07 Å². The van der Waals surface area contributed by atoms with Gasteiger partial charge in [-0.3, -0.25) is 4.98 Å². The molecule has 2 heterocycles. The van der Waals surface area contributed by atoms with E-state index in [-0.39, 0.29) is 37.6 Å². The first-order chi connectivity index (χ1) is 18.6. The molecule has 1 aliphatic carbocycles. The summed E-state index contributed by atoms with van der Waals surface area (Å²) >= 11 is 0. The predicted molar refractivity (Wildman–Crippen MR) is 159 cm³/mol. The molecular formula is C35H32N3OPt-. The summed E-state index contributed by atoms with van der Waals surface area (Å²) in [5, 5.41) is 10.8. The van der Waals surface area contributed by atoms with Gasteiger partial charge in [0.25, 0.3) is 0 Å². The summed E-state index contributed by atoms with van der Waals surface area (Å²) in [6.45, 7) is 11.0. The summed E-state index contributed by atoms with van der Waals surface area (Å²) < 4.78 is 0. The number of hydrogen-bond acceptors (Lipinski definition) is 4. The maximum absolute atomic E-state index is 10.8. The standard InChI is InChI=1S/C35H32N3O.Pt/c1-34(2,3)24-19-20-36-31(22-24)38(25-12-7-6-8-13-25)26-14-9-11-23(21-26)29-18-17-28-33(37-29)32-27(35(28,4)5)15-10-16-30(32)39;/h6-20,22,39H,1-5H3;/q-1;. The summed E-state index contributed by atoms with van der Waals surface area (Å²) in [4.78, 5) is 12.0. The molecule has 0 amide bonds. The number of anilines is 3. The first-order valence-corrected chi connectivity index (χ1v) is 13.3. The van der Waals surface area contributed by atoms with E-state index in [1.165, 1.54) is 5.56 Å². The molecule has 0 saturated carbocycles. The molecule has 3 aromatic carbocycles. The van der Waals surface area contributed by atoms with Crippen molar-refractivity contribution >= 4 is 17.2 Å². The van der Waals surface area contributed by atoms with Crippen LogP contribution in [0.15, 0.2) is 97.2 Å². The number of benzene rings is 3. The molecule has 0 unspecified atom stereocenters. The molecule has 0 aliphatic heterocycles. The van der Waals surface area contributed by atoms with Crippen molar-refractivity contribution in [2.24, 2.45) is 0 Å². The summed E-state index contributed by atoms with van der Waals surface area (Å²) in [5.74, 6) is 1.10. The van der Waals surface area contributed by atoms with Crippen molar-refractivity contribution in [1.29, 1.82) is 0 Å². The third-order valence-electron chi connectivity index (χ3n) is 7.67. The smallest absolute Gasteiger partial charge is 0.136 e. The van der Waals surface area contributed by atoms with Gasteiger partial charge in [-0.1, -0.05) is 77.1 Å². The van der Waals surface area contributed by atoms with Crippen molar-refractivity contribution in [3.05, 3.63) is 120 Å². The Kier molecular flexibility index (Phi) is 7.18. The predicted octanol–water partition coefficient (Wildman–Crippen LogP) is 8.72. The van der Waals surface area contributed by atoms with Crippen molar-refractivity contribution < 1.29 is 26.2 Å². The van der Waals surface area contributed by atoms with Crippen LogP contribution in [0.2, 0.25) is 0 Å². The van der Waals surface area contributed by atoms with Crippen LogP contribution in [0, 0.1) is 6.07 Å². The Morgan fingerprint density at radius 1 is 0.825 bits per heavy atom. The van der Waals surface area contributed by atoms with Crippen LogP contribution >= 0.6 is 0 Å². The SMILES string of the molecule is CC(C)(C)c1ccnc(N(c2[c-]c(-c3ccc4c(n3)-c3c(O)cccc3C4(C)C)ccc2)c2ccccc2)c1.[Pt]. The minimum atomic E-state index is -0.228. The molecule has 0 atom stereocenters. The number of para-hydroxylation sites is 1. The van der Waals surface area contributed by atoms with Gasteiger partial charge in [0.1, 0.15) is 11.6 Å². The van der Waals surface area contributed by atoms with Crippen LogP contribution in [0.25, 0.3) is 22.5 Å². The topological polar surface area (TPSA) is 49.2 Å². The molecule has 0 fully saturated rings. The van der Waals surface area contributed by atoms with Crippen LogP contribution in [-0.2, 0) is 31.9 Å². The van der Waals surface area contributed by atoms with Crippen molar-refractivity contribution in [2.75, 3.05) is 4.90 Å². The summed E-state index contributed by atoms with van der Waals surface area (Å²) in [6.07, 6.45) is 1.88. The van der Waals surface area contributed by atoms with Crippen molar-refractivity contribution in [3.8, 4) is 28.3 Å². The maximum atomic E-state index is 10.8. The van der Waals surface area contributed by atoms with Crippen LogP contribution in [0.3, 0.4) is 0 Å². The molecule has 204 valence electrons. The number of hydrogen-bond donors (Lipinski definition) is 1. The molecular weight excluding hydrogens is 673 g/mol. The molecule has 4 nitrogen and oxygen atoms in total. The van der Waals surface area contributed by atoms with Crippen molar-refractivity contribution in [2.45, 2.75) is 45.4 Å². The summed E-state index contributed by atoms with van der Waals surface area (Å²) in [6, 6.07) is 34.2. The molecule has 5 aromatic rings. The average molecular weight is 706 g/mol. The monoisotopic (exact) mass is 705 g/mol. The van der Waals surface area contributed by atoms with E-state index in [0.29, 0.717) is 0 Å². The Morgan fingerprint density at radius 3 is 2.33 bits per heavy atom. The number of pyridine rings is 2. The Balaban J connectivity index is 0.00000323. The van der Waals surface area contributed by atoms with Gasteiger partial charge in [-0.15, -0.1) is 29.8 Å². The Hall–Kier alpha value is -3.75. The van der Waals surface area contributed by atoms with E-state index in [0.717, 1.165) is 50.8 Å². The molecule has 40 heavy (non-hydrogen) atoms. The van der Waals surface area contributed by atoms with E-state index in [1.807, 2.05) is 42.6 Å². The molecule has 0 spiro atoms. The zero-order valence-electron chi connectivity index (χ0n) is 23.3. The fourth-order valence-electron chi connectivity index (χ4n) is 5.47. The Morgan fingerprint density at radius 2 is 1.57 bits per heavy atom. The number of phenols is 1. The number of phenolic OH excluding ortho intramolecular Hbond substituents is 1. The quantitative estimate of drug-likeness (QED) is 0.190. The Labute approximate surface area is 251 Å². The number of aromatic hydroxyl groups is 1. The number of rotatable bonds is 4. The fraction of sp³-hybridized carbons (Fsp3) is 0.200. The number of fused-ring (bicyclic) bond motifs is 3. The second-order valence-corrected chi connectivity index (χ2v) is 11.7. The van der Waals surface area contributed by atoms with E-state index in [2.05, 4.69) is 94.1 Å². The number of aromatic nitrogens is 2. The molecule has 0 radical (unpaired) electrons. The molecule has 1 aliphatic rings. The summed E-state index contributed by atoms with van der Waals surface area (Å²) in [7, 11) is 0. The third-order valence-corrected chi connectivity index (χ3v) is 7.67. The van der Waals surface area contributed by atoms with Crippen LogP contribution in [0.5, 0.6) is 5.75 Å². The Bertz CT molecular complexity index is 1690. The van der Waals surface area contributed by atoms with Crippen LogP contribution in [0.1, 0.15) is 51.3 Å². The molecule has 1 N–H and O–H groups in total. The second kappa shape index (κ2) is 10.3. The van der Waals surface area contributed by atoms with Crippen molar-refractivity contribution in [3.63, 3.8) is 0 Å². The van der Waals surface area contributed by atoms with Crippen LogP contribution in [0.4, 0.5) is 17.2 Å².